The first-order valence-electron chi connectivity index (χ1n) is 15.9. The lowest BCUT2D eigenvalue weighted by molar-refractivity contribution is -0.00137. The highest BCUT2D eigenvalue weighted by Gasteiger charge is 2.27. The van der Waals surface area contributed by atoms with Gasteiger partial charge in [-0.05, 0) is 70.8 Å². The summed E-state index contributed by atoms with van der Waals surface area (Å²) in [5, 5.41) is 23.9. The zero-order chi connectivity index (χ0) is 31.1. The molecule has 1 aliphatic rings. The van der Waals surface area contributed by atoms with Crippen molar-refractivity contribution in [3.63, 3.8) is 0 Å². The van der Waals surface area contributed by atoms with Gasteiger partial charge in [-0.3, -0.25) is 0 Å². The Morgan fingerprint density at radius 2 is 1.52 bits per heavy atom. The molecular formula is C37H46ClNO7. The predicted octanol–water partition coefficient (Wildman–Crippen LogP) is 5.66. The fraction of sp³-hybridized carbons (Fsp3) is 0.405. The van der Waals surface area contributed by atoms with Gasteiger partial charge in [0.2, 0.25) is 0 Å². The summed E-state index contributed by atoms with van der Waals surface area (Å²) < 4.78 is 29.4. The second-order valence-electron chi connectivity index (χ2n) is 11.4. The molecule has 3 N–H and O–H groups in total. The Balaban J connectivity index is 0.00000480. The third-order valence-electron chi connectivity index (χ3n) is 7.91. The van der Waals surface area contributed by atoms with Crippen molar-refractivity contribution >= 4 is 23.2 Å². The van der Waals surface area contributed by atoms with Crippen molar-refractivity contribution in [2.75, 3.05) is 52.7 Å². The first kappa shape index (κ1) is 35.6. The molecule has 3 unspecified atom stereocenters. The molecule has 0 radical (unpaired) electrons. The molecule has 0 bridgehead atoms. The van der Waals surface area contributed by atoms with Gasteiger partial charge in [-0.15, -0.1) is 12.4 Å². The van der Waals surface area contributed by atoms with Crippen molar-refractivity contribution in [2.24, 2.45) is 0 Å². The van der Waals surface area contributed by atoms with Crippen LogP contribution in [-0.2, 0) is 27.4 Å². The summed E-state index contributed by atoms with van der Waals surface area (Å²) in [7, 11) is 0. The van der Waals surface area contributed by atoms with Gasteiger partial charge in [0.1, 0.15) is 24.2 Å². The number of ether oxygens (including phenoxy) is 5. The van der Waals surface area contributed by atoms with E-state index in [1.807, 2.05) is 36.4 Å². The highest BCUT2D eigenvalue weighted by molar-refractivity contribution is 5.85. The Labute approximate surface area is 278 Å². The van der Waals surface area contributed by atoms with Crippen LogP contribution < -0.4 is 14.8 Å². The van der Waals surface area contributed by atoms with E-state index >= 15 is 0 Å². The summed E-state index contributed by atoms with van der Waals surface area (Å²) in [6.07, 6.45) is 1.07. The number of piperidine rings is 1. The first-order valence-corrected chi connectivity index (χ1v) is 15.9. The molecule has 1 fully saturated rings. The molecule has 0 aromatic heterocycles. The Kier molecular flexibility index (Phi) is 15.1. The zero-order valence-electron chi connectivity index (χ0n) is 26.2. The van der Waals surface area contributed by atoms with Crippen LogP contribution in [0.25, 0.3) is 10.8 Å². The van der Waals surface area contributed by atoms with E-state index in [2.05, 4.69) is 59.9 Å². The van der Waals surface area contributed by atoms with Crippen LogP contribution in [0.4, 0.5) is 0 Å². The highest BCUT2D eigenvalue weighted by Crippen LogP contribution is 2.30. The number of aliphatic hydroxyl groups is 2. The largest absolute Gasteiger partial charge is 0.494 e. The van der Waals surface area contributed by atoms with E-state index < -0.39 is 6.10 Å². The Hall–Kier alpha value is -3.21. The van der Waals surface area contributed by atoms with Crippen LogP contribution in [0.1, 0.15) is 35.4 Å². The maximum Gasteiger partial charge on any atom is 0.120 e. The van der Waals surface area contributed by atoms with Crippen LogP contribution in [-0.4, -0.2) is 75.2 Å². The van der Waals surface area contributed by atoms with Crippen molar-refractivity contribution in [3.05, 3.63) is 108 Å². The minimum absolute atomic E-state index is 0. The van der Waals surface area contributed by atoms with E-state index in [0.29, 0.717) is 45.6 Å². The van der Waals surface area contributed by atoms with Crippen molar-refractivity contribution in [3.8, 4) is 11.5 Å². The van der Waals surface area contributed by atoms with Gasteiger partial charge in [0.05, 0.1) is 52.4 Å². The van der Waals surface area contributed by atoms with Crippen LogP contribution in [0.3, 0.4) is 0 Å². The number of hydrogen-bond donors (Lipinski definition) is 3. The molecule has 0 spiro atoms. The molecule has 46 heavy (non-hydrogen) atoms. The molecule has 9 heteroatoms. The van der Waals surface area contributed by atoms with Gasteiger partial charge in [-0.1, -0.05) is 60.7 Å². The molecule has 5 rings (SSSR count). The quantitative estimate of drug-likeness (QED) is 0.119. The minimum atomic E-state index is -0.863. The van der Waals surface area contributed by atoms with Crippen molar-refractivity contribution in [1.82, 2.24) is 5.32 Å². The second kappa shape index (κ2) is 19.5. The number of nitrogens with one attached hydrogen (secondary N) is 1. The molecule has 4 aromatic rings. The Morgan fingerprint density at radius 3 is 2.35 bits per heavy atom. The average molecular weight is 652 g/mol. The second-order valence-corrected chi connectivity index (χ2v) is 11.4. The number of fused-ring (bicyclic) bond motifs is 1. The van der Waals surface area contributed by atoms with E-state index in [9.17, 15) is 5.11 Å². The maximum atomic E-state index is 9.36. The topological polar surface area (TPSA) is 98.6 Å². The van der Waals surface area contributed by atoms with Crippen molar-refractivity contribution in [2.45, 2.75) is 44.2 Å². The Morgan fingerprint density at radius 1 is 0.739 bits per heavy atom. The summed E-state index contributed by atoms with van der Waals surface area (Å²) >= 11 is 0. The molecule has 0 amide bonds. The molecule has 4 aromatic carbocycles. The molecular weight excluding hydrogens is 606 g/mol. The molecule has 1 aliphatic heterocycles. The first-order chi connectivity index (χ1) is 22.2. The van der Waals surface area contributed by atoms with Crippen molar-refractivity contribution in [1.29, 1.82) is 0 Å². The van der Waals surface area contributed by atoms with Gasteiger partial charge in [0.25, 0.3) is 0 Å². The molecule has 0 aliphatic carbocycles. The standard InChI is InChI=1S/C37H45NO7.ClH/c39-24-33(40)27-42-19-20-44-35-14-9-30-8-7-29(21-32(30)22-35)26-45-37-23-38-16-15-36(37)31-10-12-34(13-11-31)43-18-4-17-41-25-28-5-2-1-3-6-28;/h1-3,5-14,21-22,33,36-40H,4,15-20,23-27H2;1H. The number of benzene rings is 4. The number of rotatable bonds is 18. The molecule has 3 atom stereocenters. The van der Waals surface area contributed by atoms with E-state index in [1.54, 1.807) is 0 Å². The van der Waals surface area contributed by atoms with Gasteiger partial charge in [-0.25, -0.2) is 0 Å². The molecule has 1 saturated heterocycles. The summed E-state index contributed by atoms with van der Waals surface area (Å²) in [6, 6.07) is 31.1. The average Bonchev–Trinajstić information content (AvgIpc) is 3.09. The SMILES string of the molecule is Cl.OCC(O)COCCOc1ccc2ccc(COC3CNCCC3c3ccc(OCCCOCc4ccccc4)cc3)cc2c1. The summed E-state index contributed by atoms with van der Waals surface area (Å²) in [6.45, 7) is 4.70. The number of hydrogen-bond acceptors (Lipinski definition) is 8. The normalized spacial score (nSPS) is 16.9. The van der Waals surface area contributed by atoms with Gasteiger partial charge in [0, 0.05) is 18.9 Å². The lowest BCUT2D eigenvalue weighted by Crippen LogP contribution is -2.40. The van der Waals surface area contributed by atoms with Gasteiger partial charge < -0.3 is 39.2 Å². The van der Waals surface area contributed by atoms with Crippen LogP contribution >= 0.6 is 12.4 Å². The summed E-state index contributed by atoms with van der Waals surface area (Å²) in [5.41, 5.74) is 3.57. The molecule has 0 saturated carbocycles. The van der Waals surface area contributed by atoms with Crippen LogP contribution in [0, 0.1) is 0 Å². The fourth-order valence-electron chi connectivity index (χ4n) is 5.46. The highest BCUT2D eigenvalue weighted by atomic mass is 35.5. The van der Waals surface area contributed by atoms with Crippen LogP contribution in [0.5, 0.6) is 11.5 Å². The van der Waals surface area contributed by atoms with Crippen LogP contribution in [0.15, 0.2) is 91.0 Å². The number of aliphatic hydroxyl groups excluding tert-OH is 2. The van der Waals surface area contributed by atoms with Gasteiger partial charge in [0.15, 0.2) is 0 Å². The fourth-order valence-corrected chi connectivity index (χ4v) is 5.46. The lowest BCUT2D eigenvalue weighted by Gasteiger charge is -2.32. The minimum Gasteiger partial charge on any atom is -0.494 e. The summed E-state index contributed by atoms with van der Waals surface area (Å²) in [4.78, 5) is 0. The smallest absolute Gasteiger partial charge is 0.120 e. The van der Waals surface area contributed by atoms with Gasteiger partial charge in [-0.2, -0.15) is 0 Å². The monoisotopic (exact) mass is 651 g/mol. The Bertz CT molecular complexity index is 1420. The van der Waals surface area contributed by atoms with E-state index in [0.717, 1.165) is 53.8 Å². The van der Waals surface area contributed by atoms with E-state index in [1.165, 1.54) is 11.1 Å². The third kappa shape index (κ3) is 11.2. The van der Waals surface area contributed by atoms with Crippen LogP contribution in [0.2, 0.25) is 0 Å². The maximum absolute atomic E-state index is 9.36. The predicted molar refractivity (Wildman–Crippen MR) is 182 cm³/mol. The molecule has 8 nitrogen and oxygen atoms in total. The lowest BCUT2D eigenvalue weighted by atomic mass is 9.87. The van der Waals surface area contributed by atoms with Crippen molar-refractivity contribution < 1.29 is 33.9 Å². The van der Waals surface area contributed by atoms with E-state index in [-0.39, 0.29) is 31.7 Å². The van der Waals surface area contributed by atoms with Gasteiger partial charge >= 0.3 is 0 Å². The molecule has 248 valence electrons. The number of halogens is 1. The third-order valence-corrected chi connectivity index (χ3v) is 7.91. The van der Waals surface area contributed by atoms with E-state index in [4.69, 9.17) is 28.8 Å². The molecule has 1 heterocycles. The zero-order valence-corrected chi connectivity index (χ0v) is 27.0. The summed E-state index contributed by atoms with van der Waals surface area (Å²) in [5.74, 6) is 1.95.